The van der Waals surface area contributed by atoms with E-state index < -0.39 is 0 Å². The molecule has 4 nitrogen and oxygen atoms in total. The summed E-state index contributed by atoms with van der Waals surface area (Å²) in [6.45, 7) is 10.9. The van der Waals surface area contributed by atoms with E-state index in [9.17, 15) is 0 Å². The van der Waals surface area contributed by atoms with Crippen molar-refractivity contribution in [3.8, 4) is 11.6 Å². The smallest absolute Gasteiger partial charge is 0.213 e. The van der Waals surface area contributed by atoms with Gasteiger partial charge in [-0.2, -0.15) is 5.10 Å². The molecule has 0 N–H and O–H groups in total. The Morgan fingerprint density at radius 1 is 1.20 bits per heavy atom. The number of nitrogens with zero attached hydrogens (tertiary/aromatic N) is 3. The summed E-state index contributed by atoms with van der Waals surface area (Å²) in [4.78, 5) is 4.26. The quantitative estimate of drug-likeness (QED) is 0.856. The first kappa shape index (κ1) is 14.6. The van der Waals surface area contributed by atoms with Gasteiger partial charge >= 0.3 is 0 Å². The molecule has 0 aliphatic heterocycles. The molecule has 0 radical (unpaired) electrons. The van der Waals surface area contributed by atoms with Crippen molar-refractivity contribution in [3.05, 3.63) is 35.8 Å². The van der Waals surface area contributed by atoms with Crippen LogP contribution in [0.25, 0.3) is 5.69 Å². The van der Waals surface area contributed by atoms with E-state index in [0.717, 1.165) is 11.4 Å². The minimum absolute atomic E-state index is 0.0365. The second kappa shape index (κ2) is 5.27. The first-order chi connectivity index (χ1) is 9.32. The highest BCUT2D eigenvalue weighted by Crippen LogP contribution is 2.27. The molecular formula is C16H23N3O. The maximum Gasteiger partial charge on any atom is 0.213 e. The largest absolute Gasteiger partial charge is 0.481 e. The maximum atomic E-state index is 5.10. The molecule has 0 fully saturated rings. The van der Waals surface area contributed by atoms with Gasteiger partial charge in [0.1, 0.15) is 0 Å². The van der Waals surface area contributed by atoms with Gasteiger partial charge in [0.05, 0.1) is 24.7 Å². The Labute approximate surface area is 120 Å². The van der Waals surface area contributed by atoms with Gasteiger partial charge in [-0.3, -0.25) is 0 Å². The van der Waals surface area contributed by atoms with Gasteiger partial charge in [0.25, 0.3) is 0 Å². The fourth-order valence-electron chi connectivity index (χ4n) is 2.00. The molecule has 0 aromatic carbocycles. The summed E-state index contributed by atoms with van der Waals surface area (Å²) in [6, 6.07) is 6.03. The Morgan fingerprint density at radius 2 is 1.90 bits per heavy atom. The molecule has 0 unspecified atom stereocenters. The van der Waals surface area contributed by atoms with Gasteiger partial charge in [0.15, 0.2) is 0 Å². The summed E-state index contributed by atoms with van der Waals surface area (Å²) in [5, 5.41) is 4.76. The van der Waals surface area contributed by atoms with E-state index >= 15 is 0 Å². The Hall–Kier alpha value is -1.84. The zero-order valence-electron chi connectivity index (χ0n) is 13.1. The zero-order chi connectivity index (χ0) is 14.9. The van der Waals surface area contributed by atoms with Gasteiger partial charge in [-0.15, -0.1) is 0 Å². The van der Waals surface area contributed by atoms with Crippen molar-refractivity contribution in [1.82, 2.24) is 14.8 Å². The van der Waals surface area contributed by atoms with Crippen LogP contribution >= 0.6 is 0 Å². The lowest BCUT2D eigenvalue weighted by Gasteiger charge is -2.14. The van der Waals surface area contributed by atoms with Crippen LogP contribution in [-0.4, -0.2) is 21.9 Å². The molecule has 2 aromatic rings. The van der Waals surface area contributed by atoms with Crippen LogP contribution in [0.15, 0.2) is 24.4 Å². The maximum absolute atomic E-state index is 5.10. The van der Waals surface area contributed by atoms with Gasteiger partial charge in [-0.05, 0) is 18.1 Å². The molecule has 0 amide bonds. The molecule has 108 valence electrons. The van der Waals surface area contributed by atoms with Crippen molar-refractivity contribution < 1.29 is 4.74 Å². The van der Waals surface area contributed by atoms with Crippen molar-refractivity contribution in [2.45, 2.75) is 46.0 Å². The van der Waals surface area contributed by atoms with Crippen molar-refractivity contribution in [2.24, 2.45) is 0 Å². The van der Waals surface area contributed by atoms with E-state index in [0.29, 0.717) is 11.8 Å². The first-order valence-corrected chi connectivity index (χ1v) is 6.94. The van der Waals surface area contributed by atoms with Gasteiger partial charge in [0, 0.05) is 17.2 Å². The second-order valence-corrected chi connectivity index (χ2v) is 6.33. The number of methoxy groups -OCH3 is 1. The molecule has 4 heteroatoms. The van der Waals surface area contributed by atoms with Crippen LogP contribution < -0.4 is 4.74 Å². The highest BCUT2D eigenvalue weighted by Gasteiger charge is 2.21. The van der Waals surface area contributed by atoms with Crippen molar-refractivity contribution >= 4 is 0 Å². The summed E-state index contributed by atoms with van der Waals surface area (Å²) >= 11 is 0. The van der Waals surface area contributed by atoms with Crippen LogP contribution in [0.5, 0.6) is 5.88 Å². The Kier molecular flexibility index (Phi) is 3.84. The van der Waals surface area contributed by atoms with Gasteiger partial charge < -0.3 is 4.74 Å². The van der Waals surface area contributed by atoms with Gasteiger partial charge in [-0.25, -0.2) is 9.67 Å². The molecule has 2 heterocycles. The van der Waals surface area contributed by atoms with Crippen molar-refractivity contribution in [1.29, 1.82) is 0 Å². The monoisotopic (exact) mass is 273 g/mol. The predicted octanol–water partition coefficient (Wildman–Crippen LogP) is 3.70. The number of hydrogen-bond acceptors (Lipinski definition) is 3. The first-order valence-electron chi connectivity index (χ1n) is 6.94. The van der Waals surface area contributed by atoms with E-state index in [2.05, 4.69) is 45.7 Å². The minimum atomic E-state index is 0.0365. The standard InChI is InChI=1S/C16H23N3O/c1-11(2)13-9-14(16(3,4)5)18-19(13)12-7-8-15(20-6)17-10-12/h7-11H,1-6H3. The lowest BCUT2D eigenvalue weighted by Crippen LogP contribution is -2.12. The van der Waals surface area contributed by atoms with Gasteiger partial charge in [-0.1, -0.05) is 34.6 Å². The van der Waals surface area contributed by atoms with Crippen LogP contribution in [0.1, 0.15) is 51.9 Å². The van der Waals surface area contributed by atoms with Crippen LogP contribution in [0.2, 0.25) is 0 Å². The fourth-order valence-corrected chi connectivity index (χ4v) is 2.00. The van der Waals surface area contributed by atoms with Crippen LogP contribution in [0.4, 0.5) is 0 Å². The molecule has 2 aromatic heterocycles. The SMILES string of the molecule is COc1ccc(-n2nc(C(C)(C)C)cc2C(C)C)cn1. The Morgan fingerprint density at radius 3 is 2.35 bits per heavy atom. The van der Waals surface area contributed by atoms with Crippen LogP contribution in [0.3, 0.4) is 0 Å². The number of rotatable bonds is 3. The lowest BCUT2D eigenvalue weighted by molar-refractivity contribution is 0.397. The molecule has 2 rings (SSSR count). The molecule has 0 atom stereocenters. The highest BCUT2D eigenvalue weighted by molar-refractivity contribution is 5.35. The normalized spacial score (nSPS) is 11.9. The molecule has 0 bridgehead atoms. The average molecular weight is 273 g/mol. The van der Waals surface area contributed by atoms with Gasteiger partial charge in [0.2, 0.25) is 5.88 Å². The molecule has 0 aliphatic carbocycles. The number of ether oxygens (including phenoxy) is 1. The topological polar surface area (TPSA) is 39.9 Å². The second-order valence-electron chi connectivity index (χ2n) is 6.33. The van der Waals surface area contributed by atoms with E-state index in [4.69, 9.17) is 9.84 Å². The molecular weight excluding hydrogens is 250 g/mol. The molecule has 20 heavy (non-hydrogen) atoms. The average Bonchev–Trinajstić information content (AvgIpc) is 2.84. The van der Waals surface area contributed by atoms with E-state index in [1.807, 2.05) is 16.8 Å². The fraction of sp³-hybridized carbons (Fsp3) is 0.500. The lowest BCUT2D eigenvalue weighted by atomic mass is 9.92. The third kappa shape index (κ3) is 2.84. The number of hydrogen-bond donors (Lipinski definition) is 0. The summed E-state index contributed by atoms with van der Waals surface area (Å²) in [7, 11) is 1.62. The van der Waals surface area contributed by atoms with Crippen LogP contribution in [-0.2, 0) is 5.41 Å². The summed E-state index contributed by atoms with van der Waals surface area (Å²) in [6.07, 6.45) is 1.80. The van der Waals surface area contributed by atoms with Crippen LogP contribution in [0, 0.1) is 0 Å². The third-order valence-electron chi connectivity index (χ3n) is 3.27. The molecule has 0 spiro atoms. The van der Waals surface area contributed by atoms with Crippen molar-refractivity contribution in [3.63, 3.8) is 0 Å². The Bertz CT molecular complexity index is 577. The third-order valence-corrected chi connectivity index (χ3v) is 3.27. The van der Waals surface area contributed by atoms with E-state index in [-0.39, 0.29) is 5.41 Å². The summed E-state index contributed by atoms with van der Waals surface area (Å²) < 4.78 is 7.09. The number of pyridine rings is 1. The minimum Gasteiger partial charge on any atom is -0.481 e. The predicted molar refractivity (Wildman–Crippen MR) is 80.7 cm³/mol. The number of aromatic nitrogens is 3. The molecule has 0 saturated heterocycles. The van der Waals surface area contributed by atoms with E-state index in [1.165, 1.54) is 5.69 Å². The zero-order valence-corrected chi connectivity index (χ0v) is 13.1. The highest BCUT2D eigenvalue weighted by atomic mass is 16.5. The Balaban J connectivity index is 2.50. The summed E-state index contributed by atoms with van der Waals surface area (Å²) in [5.41, 5.74) is 3.29. The summed E-state index contributed by atoms with van der Waals surface area (Å²) in [5.74, 6) is 1.02. The molecule has 0 saturated carbocycles. The van der Waals surface area contributed by atoms with E-state index in [1.54, 1.807) is 13.3 Å². The van der Waals surface area contributed by atoms with Crippen molar-refractivity contribution in [2.75, 3.05) is 7.11 Å². The molecule has 0 aliphatic rings.